The molecule has 4 nitrogen and oxygen atoms in total. The smallest absolute Gasteiger partial charge is 0.251 e. The molecule has 22 heavy (non-hydrogen) atoms. The highest BCUT2D eigenvalue weighted by atomic mass is 35.5. The summed E-state index contributed by atoms with van der Waals surface area (Å²) in [4.78, 5) is 12.2. The van der Waals surface area contributed by atoms with Gasteiger partial charge in [0.05, 0.1) is 13.2 Å². The van der Waals surface area contributed by atoms with Crippen LogP contribution in [-0.4, -0.2) is 31.3 Å². The summed E-state index contributed by atoms with van der Waals surface area (Å²) in [6, 6.07) is 15.8. The quantitative estimate of drug-likeness (QED) is 0.860. The standard InChI is InChI=1S/C17H18ClNO3/c1-22-12-17(21,14-7-3-2-4-8-14)11-19-16(20)13-6-5-9-15(18)10-13/h2-10,21H,11-12H2,1H3,(H,19,20)/t17-/m0/s1. The van der Waals surface area contributed by atoms with Crippen LogP contribution in [0.5, 0.6) is 0 Å². The van der Waals surface area contributed by atoms with Crippen molar-refractivity contribution in [3.63, 3.8) is 0 Å². The van der Waals surface area contributed by atoms with Crippen molar-refractivity contribution in [2.45, 2.75) is 5.60 Å². The van der Waals surface area contributed by atoms with Gasteiger partial charge in [-0.2, -0.15) is 0 Å². The summed E-state index contributed by atoms with van der Waals surface area (Å²) in [5.41, 5.74) is -0.159. The summed E-state index contributed by atoms with van der Waals surface area (Å²) in [5.74, 6) is -0.298. The van der Waals surface area contributed by atoms with Gasteiger partial charge in [-0.1, -0.05) is 48.0 Å². The number of rotatable bonds is 6. The predicted molar refractivity (Wildman–Crippen MR) is 86.0 cm³/mol. The number of amides is 1. The van der Waals surface area contributed by atoms with Gasteiger partial charge in [0.2, 0.25) is 0 Å². The van der Waals surface area contributed by atoms with E-state index in [4.69, 9.17) is 16.3 Å². The largest absolute Gasteiger partial charge is 0.381 e. The van der Waals surface area contributed by atoms with E-state index in [9.17, 15) is 9.90 Å². The normalized spacial score (nSPS) is 13.4. The number of methoxy groups -OCH3 is 1. The number of aliphatic hydroxyl groups is 1. The van der Waals surface area contributed by atoms with Gasteiger partial charge in [0.1, 0.15) is 5.60 Å². The number of nitrogens with one attached hydrogen (secondary N) is 1. The summed E-state index contributed by atoms with van der Waals surface area (Å²) >= 11 is 5.88. The molecule has 0 heterocycles. The van der Waals surface area contributed by atoms with Gasteiger partial charge in [-0.15, -0.1) is 0 Å². The fourth-order valence-electron chi connectivity index (χ4n) is 2.18. The molecule has 0 aliphatic rings. The lowest BCUT2D eigenvalue weighted by Crippen LogP contribution is -2.44. The Balaban J connectivity index is 2.11. The van der Waals surface area contributed by atoms with Crippen LogP contribution in [0.3, 0.4) is 0 Å². The van der Waals surface area contributed by atoms with Crippen molar-refractivity contribution in [1.29, 1.82) is 0 Å². The highest BCUT2D eigenvalue weighted by Crippen LogP contribution is 2.21. The molecule has 2 aromatic carbocycles. The Hall–Kier alpha value is -1.88. The van der Waals surface area contributed by atoms with Gasteiger partial charge in [-0.25, -0.2) is 0 Å². The molecule has 0 aliphatic carbocycles. The minimum atomic E-state index is -1.29. The maximum Gasteiger partial charge on any atom is 0.251 e. The van der Waals surface area contributed by atoms with E-state index in [0.717, 1.165) is 0 Å². The Morgan fingerprint density at radius 2 is 1.95 bits per heavy atom. The molecule has 1 amide bonds. The van der Waals surface area contributed by atoms with Gasteiger partial charge in [0.25, 0.3) is 5.91 Å². The topological polar surface area (TPSA) is 58.6 Å². The second kappa shape index (κ2) is 7.40. The molecule has 116 valence electrons. The third kappa shape index (κ3) is 4.07. The second-order valence-electron chi connectivity index (χ2n) is 5.02. The van der Waals surface area contributed by atoms with Crippen molar-refractivity contribution in [2.75, 3.05) is 20.3 Å². The molecule has 0 unspecified atom stereocenters. The second-order valence-corrected chi connectivity index (χ2v) is 5.46. The Morgan fingerprint density at radius 3 is 2.59 bits per heavy atom. The summed E-state index contributed by atoms with van der Waals surface area (Å²) in [6.07, 6.45) is 0. The van der Waals surface area contributed by atoms with Gasteiger partial charge in [-0.05, 0) is 23.8 Å². The van der Waals surface area contributed by atoms with E-state index in [1.54, 1.807) is 36.4 Å². The van der Waals surface area contributed by atoms with Crippen molar-refractivity contribution >= 4 is 17.5 Å². The molecule has 0 radical (unpaired) electrons. The first kappa shape index (κ1) is 16.5. The van der Waals surface area contributed by atoms with Gasteiger partial charge >= 0.3 is 0 Å². The monoisotopic (exact) mass is 319 g/mol. The summed E-state index contributed by atoms with van der Waals surface area (Å²) in [7, 11) is 1.51. The maximum atomic E-state index is 12.2. The van der Waals surface area contributed by atoms with Gasteiger partial charge in [0.15, 0.2) is 0 Å². The maximum absolute atomic E-state index is 12.2. The Bertz CT molecular complexity index is 633. The molecule has 0 aliphatic heterocycles. The van der Waals surface area contributed by atoms with Crippen LogP contribution in [0.2, 0.25) is 5.02 Å². The molecule has 2 N–H and O–H groups in total. The van der Waals surface area contributed by atoms with Crippen LogP contribution in [0, 0.1) is 0 Å². The number of hydrogen-bond donors (Lipinski definition) is 2. The van der Waals surface area contributed by atoms with E-state index in [-0.39, 0.29) is 19.1 Å². The molecule has 5 heteroatoms. The van der Waals surface area contributed by atoms with Gasteiger partial charge in [-0.3, -0.25) is 4.79 Å². The zero-order chi connectivity index (χ0) is 16.0. The number of halogens is 1. The van der Waals surface area contributed by atoms with Crippen LogP contribution in [0.4, 0.5) is 0 Å². The molecule has 0 fully saturated rings. The van der Waals surface area contributed by atoms with Crippen molar-refractivity contribution in [3.8, 4) is 0 Å². The van der Waals surface area contributed by atoms with E-state index in [1.807, 2.05) is 18.2 Å². The average Bonchev–Trinajstić information content (AvgIpc) is 2.54. The first-order valence-corrected chi connectivity index (χ1v) is 7.23. The van der Waals surface area contributed by atoms with Crippen LogP contribution in [0.1, 0.15) is 15.9 Å². The molecule has 0 saturated carbocycles. The van der Waals surface area contributed by atoms with Crippen molar-refractivity contribution in [3.05, 3.63) is 70.7 Å². The number of ether oxygens (including phenoxy) is 1. The first-order chi connectivity index (χ1) is 10.5. The fraction of sp³-hybridized carbons (Fsp3) is 0.235. The molecule has 0 spiro atoms. The van der Waals surface area contributed by atoms with Crippen molar-refractivity contribution in [2.24, 2.45) is 0 Å². The third-order valence-corrected chi connectivity index (χ3v) is 3.56. The predicted octanol–water partition coefficient (Wildman–Crippen LogP) is 2.60. The SMILES string of the molecule is COC[C@@](O)(CNC(=O)c1cccc(Cl)c1)c1ccccc1. The number of carbonyl (C=O) groups is 1. The zero-order valence-electron chi connectivity index (χ0n) is 12.3. The summed E-state index contributed by atoms with van der Waals surface area (Å²) < 4.78 is 5.10. The van der Waals surface area contributed by atoms with Gasteiger partial charge in [0, 0.05) is 17.7 Å². The molecular formula is C17H18ClNO3. The third-order valence-electron chi connectivity index (χ3n) is 3.32. The Morgan fingerprint density at radius 1 is 1.23 bits per heavy atom. The fourth-order valence-corrected chi connectivity index (χ4v) is 2.37. The Kier molecular flexibility index (Phi) is 5.55. The van der Waals surface area contributed by atoms with E-state index in [1.165, 1.54) is 7.11 Å². The lowest BCUT2D eigenvalue weighted by Gasteiger charge is -2.28. The van der Waals surface area contributed by atoms with Crippen LogP contribution >= 0.6 is 11.6 Å². The molecule has 2 aromatic rings. The zero-order valence-corrected chi connectivity index (χ0v) is 13.0. The minimum Gasteiger partial charge on any atom is -0.381 e. The highest BCUT2D eigenvalue weighted by molar-refractivity contribution is 6.30. The number of hydrogen-bond acceptors (Lipinski definition) is 3. The average molecular weight is 320 g/mol. The van der Waals surface area contributed by atoms with E-state index >= 15 is 0 Å². The van der Waals surface area contributed by atoms with E-state index in [2.05, 4.69) is 5.32 Å². The first-order valence-electron chi connectivity index (χ1n) is 6.86. The molecule has 0 saturated heterocycles. The lowest BCUT2D eigenvalue weighted by atomic mass is 9.94. The molecular weight excluding hydrogens is 302 g/mol. The van der Waals surface area contributed by atoms with Crippen LogP contribution in [0.25, 0.3) is 0 Å². The molecule has 2 rings (SSSR count). The molecule has 0 bridgehead atoms. The van der Waals surface area contributed by atoms with E-state index < -0.39 is 5.60 Å². The highest BCUT2D eigenvalue weighted by Gasteiger charge is 2.30. The lowest BCUT2D eigenvalue weighted by molar-refractivity contribution is -0.0334. The summed E-state index contributed by atoms with van der Waals surface area (Å²) in [6.45, 7) is 0.114. The van der Waals surface area contributed by atoms with Gasteiger partial charge < -0.3 is 15.2 Å². The van der Waals surface area contributed by atoms with Crippen LogP contribution in [-0.2, 0) is 10.3 Å². The van der Waals surface area contributed by atoms with Crippen LogP contribution < -0.4 is 5.32 Å². The molecule has 0 aromatic heterocycles. The van der Waals surface area contributed by atoms with E-state index in [0.29, 0.717) is 16.1 Å². The number of benzene rings is 2. The Labute approximate surface area is 134 Å². The minimum absolute atomic E-state index is 0.0379. The van der Waals surface area contributed by atoms with Crippen molar-refractivity contribution < 1.29 is 14.6 Å². The molecule has 1 atom stereocenters. The number of carbonyl (C=O) groups excluding carboxylic acids is 1. The van der Waals surface area contributed by atoms with Crippen LogP contribution in [0.15, 0.2) is 54.6 Å². The van der Waals surface area contributed by atoms with Crippen molar-refractivity contribution in [1.82, 2.24) is 5.32 Å². The summed E-state index contributed by atoms with van der Waals surface area (Å²) in [5, 5.41) is 14.0.